The SMILES string of the molecule is CC(=O)OCCC(Sc1ncc[nH]1)C(C)=O. The molecule has 5 nitrogen and oxygen atoms in total. The Morgan fingerprint density at radius 1 is 1.56 bits per heavy atom. The van der Waals surface area contributed by atoms with E-state index >= 15 is 0 Å². The zero-order chi connectivity index (χ0) is 12.0. The molecule has 0 radical (unpaired) electrons. The van der Waals surface area contributed by atoms with Gasteiger partial charge in [-0.1, -0.05) is 11.8 Å². The lowest BCUT2D eigenvalue weighted by Gasteiger charge is -2.11. The van der Waals surface area contributed by atoms with E-state index in [2.05, 4.69) is 9.97 Å². The fourth-order valence-corrected chi connectivity index (χ4v) is 2.01. The number of imidazole rings is 1. The molecule has 0 bridgehead atoms. The van der Waals surface area contributed by atoms with Crippen molar-refractivity contribution in [2.45, 2.75) is 30.7 Å². The number of hydrogen-bond acceptors (Lipinski definition) is 5. The maximum absolute atomic E-state index is 11.3. The minimum Gasteiger partial charge on any atom is -0.466 e. The van der Waals surface area contributed by atoms with Gasteiger partial charge in [0.1, 0.15) is 5.78 Å². The van der Waals surface area contributed by atoms with E-state index in [9.17, 15) is 9.59 Å². The summed E-state index contributed by atoms with van der Waals surface area (Å²) < 4.78 is 4.81. The largest absolute Gasteiger partial charge is 0.466 e. The highest BCUT2D eigenvalue weighted by Crippen LogP contribution is 2.22. The van der Waals surface area contributed by atoms with Crippen LogP contribution in [0.4, 0.5) is 0 Å². The number of carbonyl (C=O) groups is 2. The molecule has 0 amide bonds. The van der Waals surface area contributed by atoms with Gasteiger partial charge in [0.25, 0.3) is 0 Å². The number of esters is 1. The Kier molecular flexibility index (Phi) is 5.04. The second-order valence-corrected chi connectivity index (χ2v) is 4.43. The number of carbonyl (C=O) groups excluding carboxylic acids is 2. The molecule has 0 fully saturated rings. The van der Waals surface area contributed by atoms with Crippen molar-refractivity contribution in [2.24, 2.45) is 0 Å². The summed E-state index contributed by atoms with van der Waals surface area (Å²) in [7, 11) is 0. The fourth-order valence-electron chi connectivity index (χ4n) is 1.10. The summed E-state index contributed by atoms with van der Waals surface area (Å²) in [4.78, 5) is 28.9. The summed E-state index contributed by atoms with van der Waals surface area (Å²) in [5, 5.41) is 0.466. The molecule has 1 unspecified atom stereocenters. The number of rotatable bonds is 6. The van der Waals surface area contributed by atoms with E-state index in [-0.39, 0.29) is 23.6 Å². The molecule has 1 aromatic heterocycles. The zero-order valence-corrected chi connectivity index (χ0v) is 10.0. The summed E-state index contributed by atoms with van der Waals surface area (Å²) >= 11 is 1.35. The first-order valence-corrected chi connectivity index (χ1v) is 5.77. The Balaban J connectivity index is 2.42. The van der Waals surface area contributed by atoms with E-state index < -0.39 is 0 Å². The van der Waals surface area contributed by atoms with Crippen molar-refractivity contribution in [2.75, 3.05) is 6.61 Å². The third-order valence-electron chi connectivity index (χ3n) is 1.87. The minimum atomic E-state index is -0.328. The predicted octanol–water partition coefficient (Wildman–Crippen LogP) is 1.41. The summed E-state index contributed by atoms with van der Waals surface area (Å²) in [5.41, 5.74) is 0. The molecule has 0 spiro atoms. The van der Waals surface area contributed by atoms with Crippen molar-refractivity contribution in [3.05, 3.63) is 12.4 Å². The molecule has 6 heteroatoms. The molecule has 1 N–H and O–H groups in total. The van der Waals surface area contributed by atoms with E-state index in [1.807, 2.05) is 0 Å². The normalized spacial score (nSPS) is 12.1. The van der Waals surface area contributed by atoms with Crippen LogP contribution < -0.4 is 0 Å². The highest BCUT2D eigenvalue weighted by molar-refractivity contribution is 8.00. The smallest absolute Gasteiger partial charge is 0.302 e. The van der Waals surface area contributed by atoms with Crippen LogP contribution in [0.2, 0.25) is 0 Å². The summed E-state index contributed by atoms with van der Waals surface area (Å²) in [6.07, 6.45) is 3.83. The lowest BCUT2D eigenvalue weighted by molar-refractivity contribution is -0.141. The van der Waals surface area contributed by atoms with Crippen molar-refractivity contribution in [3.63, 3.8) is 0 Å². The Bertz CT molecular complexity index is 351. The van der Waals surface area contributed by atoms with Crippen molar-refractivity contribution >= 4 is 23.5 Å². The molecular weight excluding hydrogens is 228 g/mol. The van der Waals surface area contributed by atoms with Gasteiger partial charge in [0, 0.05) is 25.7 Å². The standard InChI is InChI=1S/C10H14N2O3S/c1-7(13)9(3-6-15-8(2)14)16-10-11-4-5-12-10/h4-5,9H,3,6H2,1-2H3,(H,11,12). The molecule has 0 saturated heterocycles. The number of ether oxygens (including phenoxy) is 1. The molecule has 1 heterocycles. The molecule has 0 saturated carbocycles. The Labute approximate surface area is 98.0 Å². The molecule has 0 aliphatic rings. The molecule has 1 atom stereocenters. The van der Waals surface area contributed by atoms with Crippen LogP contribution in [-0.4, -0.2) is 33.6 Å². The number of nitrogens with zero attached hydrogens (tertiary/aromatic N) is 1. The summed E-state index contributed by atoms with van der Waals surface area (Å²) in [5.74, 6) is -0.279. The van der Waals surface area contributed by atoms with Gasteiger partial charge >= 0.3 is 5.97 Å². The molecule has 1 aromatic rings. The monoisotopic (exact) mass is 242 g/mol. The van der Waals surface area contributed by atoms with E-state index in [4.69, 9.17) is 4.74 Å². The lowest BCUT2D eigenvalue weighted by Crippen LogP contribution is -2.17. The zero-order valence-electron chi connectivity index (χ0n) is 9.23. The third-order valence-corrected chi connectivity index (χ3v) is 3.16. The van der Waals surface area contributed by atoms with Crippen LogP contribution >= 0.6 is 11.8 Å². The minimum absolute atomic E-state index is 0.0496. The average Bonchev–Trinajstić information content (AvgIpc) is 2.68. The lowest BCUT2D eigenvalue weighted by atomic mass is 10.2. The van der Waals surface area contributed by atoms with Gasteiger partial charge in [0.05, 0.1) is 11.9 Å². The Morgan fingerprint density at radius 2 is 2.31 bits per heavy atom. The number of hydrogen-bond donors (Lipinski definition) is 1. The molecule has 0 aliphatic heterocycles. The molecule has 16 heavy (non-hydrogen) atoms. The van der Waals surface area contributed by atoms with Gasteiger partial charge in [-0.2, -0.15) is 0 Å². The number of thioether (sulfide) groups is 1. The first-order valence-electron chi connectivity index (χ1n) is 4.89. The van der Waals surface area contributed by atoms with E-state index in [1.165, 1.54) is 25.6 Å². The van der Waals surface area contributed by atoms with Gasteiger partial charge in [0.15, 0.2) is 5.16 Å². The highest BCUT2D eigenvalue weighted by Gasteiger charge is 2.17. The highest BCUT2D eigenvalue weighted by atomic mass is 32.2. The van der Waals surface area contributed by atoms with Crippen LogP contribution in [-0.2, 0) is 14.3 Å². The maximum Gasteiger partial charge on any atom is 0.302 e. The number of aromatic amines is 1. The molecule has 0 aromatic carbocycles. The second kappa shape index (κ2) is 6.32. The van der Waals surface area contributed by atoms with Gasteiger partial charge < -0.3 is 9.72 Å². The number of Topliss-reactive ketones (excluding diaryl/α,β-unsaturated/α-hetero) is 1. The van der Waals surface area contributed by atoms with Crippen LogP contribution in [0.1, 0.15) is 20.3 Å². The van der Waals surface area contributed by atoms with Crippen LogP contribution in [0, 0.1) is 0 Å². The average molecular weight is 242 g/mol. The van der Waals surface area contributed by atoms with Crippen molar-refractivity contribution in [1.29, 1.82) is 0 Å². The molecule has 1 rings (SSSR count). The Morgan fingerprint density at radius 3 is 2.81 bits per heavy atom. The van der Waals surface area contributed by atoms with Crippen LogP contribution in [0.5, 0.6) is 0 Å². The van der Waals surface area contributed by atoms with Crippen LogP contribution in [0.3, 0.4) is 0 Å². The summed E-state index contributed by atoms with van der Waals surface area (Å²) in [6.45, 7) is 3.13. The first kappa shape index (κ1) is 12.8. The van der Waals surface area contributed by atoms with Gasteiger partial charge in [-0.3, -0.25) is 9.59 Å². The van der Waals surface area contributed by atoms with Gasteiger partial charge in [-0.15, -0.1) is 0 Å². The van der Waals surface area contributed by atoms with E-state index in [0.29, 0.717) is 11.6 Å². The van der Waals surface area contributed by atoms with Crippen molar-refractivity contribution in [1.82, 2.24) is 9.97 Å². The van der Waals surface area contributed by atoms with E-state index in [0.717, 1.165) is 0 Å². The van der Waals surface area contributed by atoms with Gasteiger partial charge in [-0.25, -0.2) is 4.98 Å². The molecule has 88 valence electrons. The Hall–Kier alpha value is -1.30. The first-order chi connectivity index (χ1) is 7.59. The van der Waals surface area contributed by atoms with Crippen LogP contribution in [0.15, 0.2) is 17.6 Å². The fraction of sp³-hybridized carbons (Fsp3) is 0.500. The number of nitrogens with one attached hydrogen (secondary N) is 1. The number of aromatic nitrogens is 2. The number of H-pyrrole nitrogens is 1. The van der Waals surface area contributed by atoms with Crippen molar-refractivity contribution < 1.29 is 14.3 Å². The quantitative estimate of drug-likeness (QED) is 0.603. The molecular formula is C10H14N2O3S. The summed E-state index contributed by atoms with van der Waals surface area (Å²) in [6, 6.07) is 0. The van der Waals surface area contributed by atoms with Gasteiger partial charge in [-0.05, 0) is 6.92 Å². The van der Waals surface area contributed by atoms with Crippen molar-refractivity contribution in [3.8, 4) is 0 Å². The predicted molar refractivity (Wildman–Crippen MR) is 60.2 cm³/mol. The van der Waals surface area contributed by atoms with Gasteiger partial charge in [0.2, 0.25) is 0 Å². The van der Waals surface area contributed by atoms with E-state index in [1.54, 1.807) is 12.4 Å². The second-order valence-electron chi connectivity index (χ2n) is 3.24. The third kappa shape index (κ3) is 4.48. The topological polar surface area (TPSA) is 72.0 Å². The van der Waals surface area contributed by atoms with Crippen LogP contribution in [0.25, 0.3) is 0 Å². The maximum atomic E-state index is 11.3. The molecule has 0 aliphatic carbocycles. The number of ketones is 1.